The van der Waals surface area contributed by atoms with Gasteiger partial charge in [-0.15, -0.1) is 0 Å². The summed E-state index contributed by atoms with van der Waals surface area (Å²) in [6.07, 6.45) is 10.9. The maximum atomic E-state index is 5.43. The van der Waals surface area contributed by atoms with Gasteiger partial charge in [-0.25, -0.2) is 4.99 Å². The van der Waals surface area contributed by atoms with Crippen LogP contribution < -0.4 is 10.2 Å². The Labute approximate surface area is 256 Å². The van der Waals surface area contributed by atoms with E-state index in [2.05, 4.69) is 173 Å². The highest BCUT2D eigenvalue weighted by Gasteiger charge is 2.40. The van der Waals surface area contributed by atoms with E-state index in [0.717, 1.165) is 28.1 Å². The standard InChI is InChI=1S/C40H30N4/c1-4-14-27(15-5-1)34-26-35(28-16-6-2-7-17-28)42-40(41-34)44-37-23-13-11-21-31(37)33-25-24-32-30-20-10-12-22-36(30)43(38(32)39(33)44)29-18-8-3-9-19-29/h1-26,30,36,40-41H. The summed E-state index contributed by atoms with van der Waals surface area (Å²) in [5.41, 5.74) is 10.4. The molecule has 0 saturated carbocycles. The SMILES string of the molecule is C1=CC2c3ccc4c5ccccc5n(C5N=C(c6ccccc6)C=C(c6ccccc6)N5)c4c3N(c3ccccc3)C2C=C1. The highest BCUT2D eigenvalue weighted by atomic mass is 15.3. The summed E-state index contributed by atoms with van der Waals surface area (Å²) in [5, 5.41) is 6.32. The quantitative estimate of drug-likeness (QED) is 0.231. The van der Waals surface area contributed by atoms with Crippen LogP contribution in [-0.2, 0) is 0 Å². The monoisotopic (exact) mass is 566 g/mol. The Morgan fingerprint density at radius 1 is 0.614 bits per heavy atom. The van der Waals surface area contributed by atoms with Crippen LogP contribution in [0.5, 0.6) is 0 Å². The van der Waals surface area contributed by atoms with Crippen molar-refractivity contribution in [3.05, 3.63) is 174 Å². The Hall–Kier alpha value is -5.61. The van der Waals surface area contributed by atoms with E-state index in [4.69, 9.17) is 4.99 Å². The van der Waals surface area contributed by atoms with Crippen LogP contribution >= 0.6 is 0 Å². The van der Waals surface area contributed by atoms with Gasteiger partial charge in [0.25, 0.3) is 0 Å². The Balaban J connectivity index is 1.34. The molecule has 4 nitrogen and oxygen atoms in total. The van der Waals surface area contributed by atoms with Crippen molar-refractivity contribution >= 4 is 44.6 Å². The number of anilines is 2. The van der Waals surface area contributed by atoms with Crippen LogP contribution in [0.1, 0.15) is 28.9 Å². The molecule has 1 aliphatic carbocycles. The number of aliphatic imine (C=N–C) groups is 1. The van der Waals surface area contributed by atoms with Crippen molar-refractivity contribution in [2.75, 3.05) is 4.90 Å². The zero-order valence-corrected chi connectivity index (χ0v) is 24.1. The number of benzene rings is 5. The van der Waals surface area contributed by atoms with Crippen LogP contribution in [0.3, 0.4) is 0 Å². The van der Waals surface area contributed by atoms with E-state index in [1.165, 1.54) is 33.2 Å². The zero-order valence-electron chi connectivity index (χ0n) is 24.1. The minimum absolute atomic E-state index is 0.205. The van der Waals surface area contributed by atoms with E-state index >= 15 is 0 Å². The van der Waals surface area contributed by atoms with Crippen molar-refractivity contribution in [2.45, 2.75) is 18.2 Å². The van der Waals surface area contributed by atoms with Crippen LogP contribution in [0.2, 0.25) is 0 Å². The molecular formula is C40H30N4. The summed E-state index contributed by atoms with van der Waals surface area (Å²) in [7, 11) is 0. The summed E-state index contributed by atoms with van der Waals surface area (Å²) in [6, 6.07) is 45.5. The fourth-order valence-electron chi connectivity index (χ4n) is 7.23. The smallest absolute Gasteiger partial charge is 0.201 e. The van der Waals surface area contributed by atoms with E-state index < -0.39 is 0 Å². The lowest BCUT2D eigenvalue weighted by atomic mass is 9.91. The fraction of sp³-hybridized carbons (Fsp3) is 0.0750. The van der Waals surface area contributed by atoms with Gasteiger partial charge in [0.2, 0.25) is 6.29 Å². The lowest BCUT2D eigenvalue weighted by Gasteiger charge is -2.31. The third kappa shape index (κ3) is 3.81. The minimum Gasteiger partial charge on any atom is -0.346 e. The van der Waals surface area contributed by atoms with Crippen molar-refractivity contribution < 1.29 is 0 Å². The summed E-state index contributed by atoms with van der Waals surface area (Å²) in [4.78, 5) is 7.97. The topological polar surface area (TPSA) is 32.6 Å². The van der Waals surface area contributed by atoms with Crippen molar-refractivity contribution in [1.82, 2.24) is 9.88 Å². The van der Waals surface area contributed by atoms with Gasteiger partial charge in [0, 0.05) is 28.1 Å². The highest BCUT2D eigenvalue weighted by Crippen LogP contribution is 2.52. The average molecular weight is 567 g/mol. The fourth-order valence-corrected chi connectivity index (χ4v) is 7.23. The number of aromatic nitrogens is 1. The predicted octanol–water partition coefficient (Wildman–Crippen LogP) is 9.11. The number of nitrogens with one attached hydrogen (secondary N) is 1. The van der Waals surface area contributed by atoms with E-state index in [1.807, 2.05) is 0 Å². The van der Waals surface area contributed by atoms with Crippen LogP contribution in [0.25, 0.3) is 27.5 Å². The minimum atomic E-state index is -0.356. The molecule has 5 aromatic carbocycles. The second-order valence-corrected chi connectivity index (χ2v) is 11.6. The molecule has 4 heteroatoms. The van der Waals surface area contributed by atoms with Crippen molar-refractivity contribution in [3.8, 4) is 0 Å². The van der Waals surface area contributed by atoms with Gasteiger partial charge in [0.1, 0.15) is 0 Å². The number of rotatable bonds is 4. The second-order valence-electron chi connectivity index (χ2n) is 11.6. The third-order valence-corrected chi connectivity index (χ3v) is 9.14. The molecule has 0 bridgehead atoms. The van der Waals surface area contributed by atoms with Gasteiger partial charge < -0.3 is 10.2 Å². The molecule has 9 rings (SSSR count). The number of hydrogen-bond donors (Lipinski definition) is 1. The molecule has 1 aromatic heterocycles. The van der Waals surface area contributed by atoms with Crippen LogP contribution in [0, 0.1) is 0 Å². The molecule has 3 heterocycles. The third-order valence-electron chi connectivity index (χ3n) is 9.14. The summed E-state index contributed by atoms with van der Waals surface area (Å²) in [5.74, 6) is 0.272. The predicted molar refractivity (Wildman–Crippen MR) is 182 cm³/mol. The van der Waals surface area contributed by atoms with Crippen molar-refractivity contribution in [2.24, 2.45) is 4.99 Å². The number of para-hydroxylation sites is 2. The van der Waals surface area contributed by atoms with E-state index in [9.17, 15) is 0 Å². The zero-order chi connectivity index (χ0) is 29.0. The molecule has 1 N–H and O–H groups in total. The van der Waals surface area contributed by atoms with Crippen LogP contribution in [0.15, 0.2) is 163 Å². The van der Waals surface area contributed by atoms with E-state index in [0.29, 0.717) is 0 Å². The van der Waals surface area contributed by atoms with Crippen LogP contribution in [0.4, 0.5) is 11.4 Å². The number of hydrogen-bond acceptors (Lipinski definition) is 3. The van der Waals surface area contributed by atoms with Crippen LogP contribution in [-0.4, -0.2) is 16.3 Å². The molecule has 3 atom stereocenters. The maximum absolute atomic E-state index is 5.43. The molecule has 210 valence electrons. The largest absolute Gasteiger partial charge is 0.346 e. The van der Waals surface area contributed by atoms with Crippen molar-refractivity contribution in [3.63, 3.8) is 0 Å². The van der Waals surface area contributed by atoms with Gasteiger partial charge in [-0.2, -0.15) is 0 Å². The number of fused-ring (bicyclic) bond motifs is 7. The van der Waals surface area contributed by atoms with Gasteiger partial charge in [-0.05, 0) is 41.0 Å². The van der Waals surface area contributed by atoms with Gasteiger partial charge in [-0.1, -0.05) is 133 Å². The lowest BCUT2D eigenvalue weighted by molar-refractivity contribution is 0.508. The Morgan fingerprint density at radius 3 is 2.09 bits per heavy atom. The lowest BCUT2D eigenvalue weighted by Crippen LogP contribution is -2.30. The van der Waals surface area contributed by atoms with Crippen molar-refractivity contribution in [1.29, 1.82) is 0 Å². The average Bonchev–Trinajstić information content (AvgIpc) is 3.62. The number of allylic oxidation sites excluding steroid dienone is 3. The molecule has 0 spiro atoms. The summed E-state index contributed by atoms with van der Waals surface area (Å²) >= 11 is 0. The van der Waals surface area contributed by atoms with Gasteiger partial charge in [0.05, 0.1) is 28.5 Å². The number of nitrogens with zero attached hydrogens (tertiary/aromatic N) is 3. The molecule has 0 amide bonds. The molecular weight excluding hydrogens is 536 g/mol. The Morgan fingerprint density at radius 2 is 1.30 bits per heavy atom. The second kappa shape index (κ2) is 9.99. The molecule has 2 aliphatic heterocycles. The van der Waals surface area contributed by atoms with Gasteiger partial charge in [0.15, 0.2) is 0 Å². The normalized spacial score (nSPS) is 20.3. The van der Waals surface area contributed by atoms with E-state index in [1.54, 1.807) is 0 Å². The molecule has 0 radical (unpaired) electrons. The molecule has 3 unspecified atom stereocenters. The molecule has 3 aliphatic rings. The first-order chi connectivity index (χ1) is 21.8. The highest BCUT2D eigenvalue weighted by molar-refractivity contribution is 6.15. The Kier molecular flexibility index (Phi) is 5.66. The molecule has 6 aromatic rings. The first kappa shape index (κ1) is 24.9. The van der Waals surface area contributed by atoms with Gasteiger partial charge in [-0.3, -0.25) is 4.57 Å². The maximum Gasteiger partial charge on any atom is 0.201 e. The summed E-state index contributed by atoms with van der Waals surface area (Å²) < 4.78 is 2.43. The molecule has 0 fully saturated rings. The van der Waals surface area contributed by atoms with Gasteiger partial charge >= 0.3 is 0 Å². The first-order valence-corrected chi connectivity index (χ1v) is 15.3. The Bertz CT molecular complexity index is 2150. The first-order valence-electron chi connectivity index (χ1n) is 15.3. The van der Waals surface area contributed by atoms with E-state index in [-0.39, 0.29) is 18.2 Å². The molecule has 44 heavy (non-hydrogen) atoms. The molecule has 0 saturated heterocycles. The summed E-state index contributed by atoms with van der Waals surface area (Å²) in [6.45, 7) is 0.